The van der Waals surface area contributed by atoms with Crippen LogP contribution in [-0.2, 0) is 0 Å². The van der Waals surface area contributed by atoms with Crippen molar-refractivity contribution < 1.29 is 4.74 Å². The highest BCUT2D eigenvalue weighted by molar-refractivity contribution is 5.93. The molecule has 3 aromatic rings. The third-order valence-electron chi connectivity index (χ3n) is 5.54. The second-order valence-corrected chi connectivity index (χ2v) is 7.63. The van der Waals surface area contributed by atoms with Gasteiger partial charge in [-0.2, -0.15) is 5.10 Å². The fraction of sp³-hybridized carbons (Fsp3) is 0.450. The van der Waals surface area contributed by atoms with Crippen LogP contribution < -0.4 is 9.64 Å². The molecule has 0 amide bonds. The van der Waals surface area contributed by atoms with E-state index in [4.69, 9.17) is 4.74 Å². The van der Waals surface area contributed by atoms with Crippen molar-refractivity contribution in [1.29, 1.82) is 0 Å². The molecule has 1 N–H and O–H groups in total. The molecule has 0 bridgehead atoms. The molecule has 2 aliphatic rings. The SMILES string of the molecule is C[C@H]1CN(c2cc(-c3n[nH]c4ccc(OC5CC5)cc34)ncn2)CCN1C. The first-order valence-electron chi connectivity index (χ1n) is 9.60. The second-order valence-electron chi connectivity index (χ2n) is 7.63. The Morgan fingerprint density at radius 1 is 1.15 bits per heavy atom. The molecule has 3 heterocycles. The molecule has 1 aromatic carbocycles. The minimum atomic E-state index is 0.377. The van der Waals surface area contributed by atoms with Gasteiger partial charge >= 0.3 is 0 Å². The van der Waals surface area contributed by atoms with E-state index in [-0.39, 0.29) is 0 Å². The van der Waals surface area contributed by atoms with Crippen LogP contribution in [0.25, 0.3) is 22.3 Å². The predicted octanol–water partition coefficient (Wildman–Crippen LogP) is 2.70. The lowest BCUT2D eigenvalue weighted by molar-refractivity contribution is 0.233. The quantitative estimate of drug-likeness (QED) is 0.768. The topological polar surface area (TPSA) is 70.2 Å². The van der Waals surface area contributed by atoms with Crippen molar-refractivity contribution in [3.8, 4) is 17.1 Å². The highest BCUT2D eigenvalue weighted by Crippen LogP contribution is 2.32. The van der Waals surface area contributed by atoms with E-state index in [0.717, 1.165) is 66.3 Å². The number of anilines is 1. The van der Waals surface area contributed by atoms with Gasteiger partial charge in [-0.1, -0.05) is 0 Å². The van der Waals surface area contributed by atoms with Crippen molar-refractivity contribution in [3.63, 3.8) is 0 Å². The van der Waals surface area contributed by atoms with Crippen LogP contribution in [0, 0.1) is 0 Å². The normalized spacial score (nSPS) is 21.0. The summed E-state index contributed by atoms with van der Waals surface area (Å²) in [5.74, 6) is 1.86. The van der Waals surface area contributed by atoms with Crippen molar-refractivity contribution in [2.45, 2.75) is 31.9 Å². The van der Waals surface area contributed by atoms with Gasteiger partial charge in [0.25, 0.3) is 0 Å². The first-order chi connectivity index (χ1) is 13.2. The maximum absolute atomic E-state index is 5.95. The standard InChI is InChI=1S/C20H24N6O/c1-13-11-26(8-7-25(13)2)19-10-18(21-12-22-19)20-16-9-15(27-14-3-4-14)5-6-17(16)23-24-20/h5-6,9-10,12-14H,3-4,7-8,11H2,1-2H3,(H,23,24)/t13-/m0/s1. The molecule has 1 saturated carbocycles. The number of piperazine rings is 1. The van der Waals surface area contributed by atoms with Crippen LogP contribution in [0.4, 0.5) is 5.82 Å². The summed E-state index contributed by atoms with van der Waals surface area (Å²) >= 11 is 0. The van der Waals surface area contributed by atoms with Crippen LogP contribution in [0.2, 0.25) is 0 Å². The van der Waals surface area contributed by atoms with Gasteiger partial charge in [0.2, 0.25) is 0 Å². The molecule has 0 spiro atoms. The van der Waals surface area contributed by atoms with Gasteiger partial charge in [0.05, 0.1) is 17.3 Å². The molecule has 1 aliphatic heterocycles. The lowest BCUT2D eigenvalue weighted by Gasteiger charge is -2.38. The number of rotatable bonds is 4. The zero-order valence-electron chi connectivity index (χ0n) is 15.7. The van der Waals surface area contributed by atoms with E-state index in [1.165, 1.54) is 0 Å². The van der Waals surface area contributed by atoms with Crippen LogP contribution in [-0.4, -0.2) is 63.9 Å². The van der Waals surface area contributed by atoms with E-state index in [1.54, 1.807) is 6.33 Å². The molecule has 140 valence electrons. The van der Waals surface area contributed by atoms with Gasteiger partial charge < -0.3 is 14.5 Å². The number of hydrogen-bond donors (Lipinski definition) is 1. The minimum Gasteiger partial charge on any atom is -0.490 e. The monoisotopic (exact) mass is 364 g/mol. The molecular weight excluding hydrogens is 340 g/mol. The Kier molecular flexibility index (Phi) is 3.97. The van der Waals surface area contributed by atoms with Crippen LogP contribution in [0.5, 0.6) is 5.75 Å². The van der Waals surface area contributed by atoms with Gasteiger partial charge in [0.1, 0.15) is 23.6 Å². The molecule has 2 fully saturated rings. The molecule has 7 heteroatoms. The van der Waals surface area contributed by atoms with Crippen LogP contribution in [0.3, 0.4) is 0 Å². The van der Waals surface area contributed by atoms with E-state index in [9.17, 15) is 0 Å². The second kappa shape index (κ2) is 6.49. The Balaban J connectivity index is 1.47. The van der Waals surface area contributed by atoms with E-state index >= 15 is 0 Å². The van der Waals surface area contributed by atoms with Crippen LogP contribution in [0.1, 0.15) is 19.8 Å². The Labute approximate surface area is 158 Å². The summed E-state index contributed by atoms with van der Waals surface area (Å²) < 4.78 is 5.95. The number of benzene rings is 1. The number of hydrogen-bond acceptors (Lipinski definition) is 6. The Morgan fingerprint density at radius 2 is 2.04 bits per heavy atom. The fourth-order valence-electron chi connectivity index (χ4n) is 3.55. The maximum atomic E-state index is 5.95. The van der Waals surface area contributed by atoms with Crippen LogP contribution >= 0.6 is 0 Å². The zero-order valence-corrected chi connectivity index (χ0v) is 15.7. The van der Waals surface area contributed by atoms with E-state index in [0.29, 0.717) is 12.1 Å². The smallest absolute Gasteiger partial charge is 0.132 e. The van der Waals surface area contributed by atoms with Gasteiger partial charge in [0.15, 0.2) is 0 Å². The molecule has 1 saturated heterocycles. The van der Waals surface area contributed by atoms with Crippen LogP contribution in [0.15, 0.2) is 30.6 Å². The summed E-state index contributed by atoms with van der Waals surface area (Å²) in [4.78, 5) is 13.7. The summed E-state index contributed by atoms with van der Waals surface area (Å²) in [6.45, 7) is 5.22. The molecule has 2 aromatic heterocycles. The average Bonchev–Trinajstić information content (AvgIpc) is 3.40. The molecule has 5 rings (SSSR count). The molecule has 0 radical (unpaired) electrons. The third-order valence-corrected chi connectivity index (χ3v) is 5.54. The number of aromatic nitrogens is 4. The third kappa shape index (κ3) is 3.23. The van der Waals surface area contributed by atoms with Gasteiger partial charge in [-0.15, -0.1) is 0 Å². The highest BCUT2D eigenvalue weighted by Gasteiger charge is 2.24. The number of ether oxygens (including phenoxy) is 1. The van der Waals surface area contributed by atoms with E-state index in [1.807, 2.05) is 18.2 Å². The van der Waals surface area contributed by atoms with Gasteiger partial charge in [-0.25, -0.2) is 9.97 Å². The molecule has 7 nitrogen and oxygen atoms in total. The number of H-pyrrole nitrogens is 1. The molecule has 0 unspecified atom stereocenters. The van der Waals surface area contributed by atoms with Gasteiger partial charge in [-0.05, 0) is 45.0 Å². The Bertz CT molecular complexity index is 966. The number of nitrogens with zero attached hydrogens (tertiary/aromatic N) is 5. The summed E-state index contributed by atoms with van der Waals surface area (Å²) in [7, 11) is 2.17. The molecule has 27 heavy (non-hydrogen) atoms. The first kappa shape index (κ1) is 16.5. The highest BCUT2D eigenvalue weighted by atomic mass is 16.5. The van der Waals surface area contributed by atoms with Crippen molar-refractivity contribution in [3.05, 3.63) is 30.6 Å². The van der Waals surface area contributed by atoms with Crippen molar-refractivity contribution in [2.24, 2.45) is 0 Å². The summed E-state index contributed by atoms with van der Waals surface area (Å²) in [6, 6.07) is 8.63. The maximum Gasteiger partial charge on any atom is 0.132 e. The number of aromatic amines is 1. The summed E-state index contributed by atoms with van der Waals surface area (Å²) in [6.07, 6.45) is 4.31. The average molecular weight is 364 g/mol. The lowest BCUT2D eigenvalue weighted by Crippen LogP contribution is -2.50. The summed E-state index contributed by atoms with van der Waals surface area (Å²) in [5, 5.41) is 8.66. The molecule has 1 aliphatic carbocycles. The van der Waals surface area contributed by atoms with Crippen molar-refractivity contribution in [1.82, 2.24) is 25.1 Å². The number of likely N-dealkylation sites (N-methyl/N-ethyl adjacent to an activating group) is 1. The van der Waals surface area contributed by atoms with Crippen molar-refractivity contribution >= 4 is 16.7 Å². The fourth-order valence-corrected chi connectivity index (χ4v) is 3.55. The zero-order chi connectivity index (χ0) is 18.4. The number of nitrogens with one attached hydrogen (secondary N) is 1. The van der Waals surface area contributed by atoms with Gasteiger partial charge in [-0.3, -0.25) is 5.10 Å². The number of fused-ring (bicyclic) bond motifs is 1. The Morgan fingerprint density at radius 3 is 2.85 bits per heavy atom. The van der Waals surface area contributed by atoms with Gasteiger partial charge in [0, 0.05) is 37.1 Å². The minimum absolute atomic E-state index is 0.377. The first-order valence-corrected chi connectivity index (χ1v) is 9.60. The predicted molar refractivity (Wildman–Crippen MR) is 105 cm³/mol. The summed E-state index contributed by atoms with van der Waals surface area (Å²) in [5.41, 5.74) is 2.67. The molecule has 1 atom stereocenters. The lowest BCUT2D eigenvalue weighted by atomic mass is 10.1. The van der Waals surface area contributed by atoms with E-state index in [2.05, 4.69) is 50.0 Å². The van der Waals surface area contributed by atoms with E-state index < -0.39 is 0 Å². The molecular formula is C20H24N6O. The Hall–Kier alpha value is -2.67. The largest absolute Gasteiger partial charge is 0.490 e. The van der Waals surface area contributed by atoms with Crippen molar-refractivity contribution in [2.75, 3.05) is 31.6 Å².